The van der Waals surface area contributed by atoms with E-state index in [4.69, 9.17) is 0 Å². The number of guanidine groups is 1. The Balaban J connectivity index is 0.00000280. The number of hydrogen-bond acceptors (Lipinski definition) is 2. The van der Waals surface area contributed by atoms with Crippen LogP contribution < -0.4 is 10.6 Å². The van der Waals surface area contributed by atoms with Crippen molar-refractivity contribution in [2.75, 3.05) is 19.6 Å². The number of para-hydroxylation sites is 1. The van der Waals surface area contributed by atoms with Crippen LogP contribution in [-0.2, 0) is 12.8 Å². The van der Waals surface area contributed by atoms with E-state index in [1.54, 1.807) is 0 Å². The highest BCUT2D eigenvalue weighted by atomic mass is 127. The van der Waals surface area contributed by atoms with Gasteiger partial charge in [-0.1, -0.05) is 36.4 Å². The van der Waals surface area contributed by atoms with Crippen LogP contribution in [0.5, 0.6) is 0 Å². The van der Waals surface area contributed by atoms with Crippen molar-refractivity contribution in [2.45, 2.75) is 19.8 Å². The number of rotatable bonds is 7. The van der Waals surface area contributed by atoms with E-state index in [1.165, 1.54) is 17.7 Å². The predicted octanol–water partition coefficient (Wildman–Crippen LogP) is 4.33. The van der Waals surface area contributed by atoms with Crippen molar-refractivity contribution in [1.29, 1.82) is 0 Å². The van der Waals surface area contributed by atoms with E-state index in [9.17, 15) is 4.39 Å². The molecule has 1 aromatic heterocycles. The molecule has 2 aromatic carbocycles. The Morgan fingerprint density at radius 3 is 2.57 bits per heavy atom. The van der Waals surface area contributed by atoms with Gasteiger partial charge in [-0.3, -0.25) is 9.98 Å². The third kappa shape index (κ3) is 6.44. The molecule has 0 bridgehead atoms. The summed E-state index contributed by atoms with van der Waals surface area (Å²) in [7, 11) is 0. The molecule has 0 saturated heterocycles. The smallest absolute Gasteiger partial charge is 0.191 e. The number of benzene rings is 2. The molecule has 2 N–H and O–H groups in total. The van der Waals surface area contributed by atoms with Crippen molar-refractivity contribution in [1.82, 2.24) is 15.6 Å². The summed E-state index contributed by atoms with van der Waals surface area (Å²) >= 11 is 0. The molecule has 1 heterocycles. The van der Waals surface area contributed by atoms with Crippen molar-refractivity contribution in [3.05, 3.63) is 77.7 Å². The first kappa shape index (κ1) is 22.1. The van der Waals surface area contributed by atoms with Gasteiger partial charge in [-0.25, -0.2) is 4.39 Å². The van der Waals surface area contributed by atoms with Crippen LogP contribution in [0.2, 0.25) is 0 Å². The van der Waals surface area contributed by atoms with Gasteiger partial charge < -0.3 is 10.6 Å². The van der Waals surface area contributed by atoms with Crippen molar-refractivity contribution in [3.8, 4) is 0 Å². The molecule has 4 nitrogen and oxygen atoms in total. The Labute approximate surface area is 182 Å². The Morgan fingerprint density at radius 1 is 1.00 bits per heavy atom. The largest absolute Gasteiger partial charge is 0.357 e. The van der Waals surface area contributed by atoms with Crippen LogP contribution >= 0.6 is 24.0 Å². The Bertz CT molecular complexity index is 891. The summed E-state index contributed by atoms with van der Waals surface area (Å²) in [5, 5.41) is 7.76. The molecule has 0 aliphatic heterocycles. The summed E-state index contributed by atoms with van der Waals surface area (Å²) in [6.45, 7) is 4.28. The summed E-state index contributed by atoms with van der Waals surface area (Å²) in [6.07, 6.45) is 3.48. The lowest BCUT2D eigenvalue weighted by atomic mass is 10.1. The van der Waals surface area contributed by atoms with E-state index in [2.05, 4.69) is 44.9 Å². The quantitative estimate of drug-likeness (QED) is 0.293. The number of pyridine rings is 1. The van der Waals surface area contributed by atoms with Gasteiger partial charge in [0.25, 0.3) is 0 Å². The molecule has 0 spiro atoms. The van der Waals surface area contributed by atoms with Gasteiger partial charge in [-0.05, 0) is 49.1 Å². The molecule has 0 aliphatic carbocycles. The Kier molecular flexibility index (Phi) is 9.13. The fourth-order valence-electron chi connectivity index (χ4n) is 2.98. The molecular weight excluding hydrogens is 466 g/mol. The highest BCUT2D eigenvalue weighted by Crippen LogP contribution is 2.16. The van der Waals surface area contributed by atoms with E-state index in [-0.39, 0.29) is 29.8 Å². The average Bonchev–Trinajstić information content (AvgIpc) is 2.70. The molecule has 0 radical (unpaired) electrons. The van der Waals surface area contributed by atoms with Gasteiger partial charge in [-0.2, -0.15) is 0 Å². The highest BCUT2D eigenvalue weighted by Gasteiger charge is 2.02. The van der Waals surface area contributed by atoms with Gasteiger partial charge in [0.15, 0.2) is 5.96 Å². The van der Waals surface area contributed by atoms with Crippen LogP contribution in [0.4, 0.5) is 4.39 Å². The molecule has 0 amide bonds. The third-order valence-corrected chi connectivity index (χ3v) is 4.33. The summed E-state index contributed by atoms with van der Waals surface area (Å²) in [4.78, 5) is 9.17. The van der Waals surface area contributed by atoms with E-state index in [0.717, 1.165) is 48.4 Å². The molecule has 0 atom stereocenters. The van der Waals surface area contributed by atoms with Crippen LogP contribution in [0.25, 0.3) is 10.9 Å². The summed E-state index contributed by atoms with van der Waals surface area (Å²) < 4.78 is 13.0. The monoisotopic (exact) mass is 492 g/mol. The van der Waals surface area contributed by atoms with Crippen molar-refractivity contribution in [2.24, 2.45) is 4.99 Å². The first-order chi connectivity index (χ1) is 13.3. The average molecular weight is 492 g/mol. The highest BCUT2D eigenvalue weighted by molar-refractivity contribution is 14.0. The Morgan fingerprint density at radius 2 is 1.79 bits per heavy atom. The number of aromatic nitrogens is 1. The van der Waals surface area contributed by atoms with Crippen LogP contribution in [0.1, 0.15) is 18.1 Å². The first-order valence-electron chi connectivity index (χ1n) is 9.35. The zero-order valence-electron chi connectivity index (χ0n) is 16.0. The van der Waals surface area contributed by atoms with Gasteiger partial charge in [0.2, 0.25) is 0 Å². The number of nitrogens with zero attached hydrogens (tertiary/aromatic N) is 2. The van der Waals surface area contributed by atoms with Crippen molar-refractivity contribution < 1.29 is 4.39 Å². The van der Waals surface area contributed by atoms with Crippen LogP contribution in [-0.4, -0.2) is 30.6 Å². The summed E-state index contributed by atoms with van der Waals surface area (Å²) in [5.41, 5.74) is 3.35. The van der Waals surface area contributed by atoms with Gasteiger partial charge in [0.05, 0.1) is 5.52 Å². The number of halogens is 2. The first-order valence-corrected chi connectivity index (χ1v) is 9.35. The minimum atomic E-state index is -0.204. The molecule has 6 heteroatoms. The second kappa shape index (κ2) is 11.6. The van der Waals surface area contributed by atoms with E-state index < -0.39 is 0 Å². The number of aliphatic imine (C=N–C) groups is 1. The van der Waals surface area contributed by atoms with Gasteiger partial charge >= 0.3 is 0 Å². The fourth-order valence-corrected chi connectivity index (χ4v) is 2.98. The van der Waals surface area contributed by atoms with E-state index >= 15 is 0 Å². The Hall–Kier alpha value is -2.22. The number of nitrogens with one attached hydrogen (secondary N) is 2. The van der Waals surface area contributed by atoms with Gasteiger partial charge in [0, 0.05) is 31.2 Å². The zero-order chi connectivity index (χ0) is 18.9. The topological polar surface area (TPSA) is 49.3 Å². The van der Waals surface area contributed by atoms with Crippen LogP contribution in [0.15, 0.2) is 65.8 Å². The third-order valence-electron chi connectivity index (χ3n) is 4.33. The lowest BCUT2D eigenvalue weighted by Gasteiger charge is -2.11. The predicted molar refractivity (Wildman–Crippen MR) is 125 cm³/mol. The molecule has 148 valence electrons. The molecular formula is C22H26FIN4. The lowest BCUT2D eigenvalue weighted by molar-refractivity contribution is 0.626. The van der Waals surface area contributed by atoms with Crippen LogP contribution in [0, 0.1) is 5.82 Å². The minimum absolute atomic E-state index is 0. The zero-order valence-corrected chi connectivity index (χ0v) is 18.3. The second-order valence-electron chi connectivity index (χ2n) is 6.31. The van der Waals surface area contributed by atoms with E-state index in [0.29, 0.717) is 6.54 Å². The summed E-state index contributed by atoms with van der Waals surface area (Å²) in [6, 6.07) is 16.9. The van der Waals surface area contributed by atoms with Gasteiger partial charge in [-0.15, -0.1) is 24.0 Å². The fraction of sp³-hybridized carbons (Fsp3) is 0.273. The molecule has 0 unspecified atom stereocenters. The molecule has 0 aliphatic rings. The summed E-state index contributed by atoms with van der Waals surface area (Å²) in [5.74, 6) is 0.595. The van der Waals surface area contributed by atoms with Crippen molar-refractivity contribution >= 4 is 40.8 Å². The molecule has 3 aromatic rings. The number of hydrogen-bond donors (Lipinski definition) is 2. The maximum absolute atomic E-state index is 13.0. The second-order valence-corrected chi connectivity index (χ2v) is 6.31. The SMILES string of the molecule is CCNC(=NCCc1cccc2cccnc12)NCCc1ccc(F)cc1.I. The lowest BCUT2D eigenvalue weighted by Crippen LogP contribution is -2.38. The maximum Gasteiger partial charge on any atom is 0.191 e. The number of fused-ring (bicyclic) bond motifs is 1. The van der Waals surface area contributed by atoms with E-state index in [1.807, 2.05) is 31.3 Å². The molecule has 3 rings (SSSR count). The molecule has 0 fully saturated rings. The standard InChI is InChI=1S/C22H25FN4.HI/c1-2-24-22(26-15-12-17-8-10-20(23)11-9-17)27-16-13-19-6-3-5-18-7-4-14-25-21(18)19;/h3-11,14H,2,12-13,15-16H2,1H3,(H2,24,26,27);1H. The maximum atomic E-state index is 13.0. The normalized spacial score (nSPS) is 11.1. The minimum Gasteiger partial charge on any atom is -0.357 e. The van der Waals surface area contributed by atoms with Crippen LogP contribution in [0.3, 0.4) is 0 Å². The van der Waals surface area contributed by atoms with Crippen molar-refractivity contribution in [3.63, 3.8) is 0 Å². The molecule has 28 heavy (non-hydrogen) atoms. The van der Waals surface area contributed by atoms with Gasteiger partial charge in [0.1, 0.15) is 5.82 Å². The molecule has 0 saturated carbocycles.